The van der Waals surface area contributed by atoms with Gasteiger partial charge in [-0.1, -0.05) is 46.5 Å². The largest absolute Gasteiger partial charge is 0.451 e. The second-order valence-corrected chi connectivity index (χ2v) is 5.98. The number of carbonyl (C=O) groups excluding carboxylic acids is 1. The zero-order chi connectivity index (χ0) is 17.4. The van der Waals surface area contributed by atoms with Gasteiger partial charge >= 0.3 is 6.01 Å². The number of benzene rings is 2. The van der Waals surface area contributed by atoms with Crippen molar-refractivity contribution in [2.45, 2.75) is 0 Å². The Morgan fingerprint density at radius 1 is 1.00 bits per heavy atom. The number of fused-ring (bicyclic) bond motifs is 1. The van der Waals surface area contributed by atoms with Crippen molar-refractivity contribution in [3.8, 4) is 11.7 Å². The van der Waals surface area contributed by atoms with E-state index in [4.69, 9.17) is 32.0 Å². The lowest BCUT2D eigenvalue weighted by molar-refractivity contribution is 0.102. The smallest absolute Gasteiger partial charge is 0.322 e. The third-order valence-corrected chi connectivity index (χ3v) is 4.02. The van der Waals surface area contributed by atoms with Gasteiger partial charge in [0.2, 0.25) is 0 Å². The van der Waals surface area contributed by atoms with E-state index in [1.165, 1.54) is 12.1 Å². The Hall–Kier alpha value is -2.83. The van der Waals surface area contributed by atoms with Gasteiger partial charge in [0.1, 0.15) is 5.58 Å². The van der Waals surface area contributed by atoms with Crippen LogP contribution in [0.2, 0.25) is 10.0 Å². The first-order valence-corrected chi connectivity index (χ1v) is 7.94. The van der Waals surface area contributed by atoms with Crippen molar-refractivity contribution in [2.75, 3.05) is 5.32 Å². The summed E-state index contributed by atoms with van der Waals surface area (Å²) in [4.78, 5) is 12.3. The minimum atomic E-state index is -0.507. The summed E-state index contributed by atoms with van der Waals surface area (Å²) in [6.45, 7) is 0. The molecule has 4 aromatic rings. The van der Waals surface area contributed by atoms with Crippen LogP contribution < -0.4 is 5.32 Å². The van der Waals surface area contributed by atoms with Crippen LogP contribution in [0.15, 0.2) is 57.4 Å². The van der Waals surface area contributed by atoms with E-state index < -0.39 is 5.91 Å². The molecule has 0 atom stereocenters. The van der Waals surface area contributed by atoms with E-state index in [1.807, 2.05) is 24.3 Å². The van der Waals surface area contributed by atoms with Crippen molar-refractivity contribution >= 4 is 46.1 Å². The molecule has 8 heteroatoms. The lowest BCUT2D eigenvalue weighted by atomic mass is 10.2. The number of amides is 1. The first-order chi connectivity index (χ1) is 12.1. The van der Waals surface area contributed by atoms with Crippen molar-refractivity contribution in [2.24, 2.45) is 0 Å². The summed E-state index contributed by atoms with van der Waals surface area (Å²) >= 11 is 11.9. The predicted octanol–water partition coefficient (Wildman–Crippen LogP) is 5.04. The summed E-state index contributed by atoms with van der Waals surface area (Å²) < 4.78 is 11.1. The number of hydrogen-bond donors (Lipinski definition) is 1. The summed E-state index contributed by atoms with van der Waals surface area (Å²) in [6, 6.07) is 13.8. The molecule has 0 aliphatic heterocycles. The number of rotatable bonds is 3. The number of anilines is 1. The normalized spacial score (nSPS) is 11.0. The van der Waals surface area contributed by atoms with E-state index in [2.05, 4.69) is 15.5 Å². The fourth-order valence-electron chi connectivity index (χ4n) is 2.30. The first-order valence-electron chi connectivity index (χ1n) is 7.19. The van der Waals surface area contributed by atoms with Gasteiger partial charge in [-0.15, -0.1) is 5.10 Å². The summed E-state index contributed by atoms with van der Waals surface area (Å²) in [7, 11) is 0. The Kier molecular flexibility index (Phi) is 3.91. The predicted molar refractivity (Wildman–Crippen MR) is 93.9 cm³/mol. The highest BCUT2D eigenvalue weighted by atomic mass is 35.5. The van der Waals surface area contributed by atoms with E-state index in [-0.39, 0.29) is 22.5 Å². The van der Waals surface area contributed by atoms with Crippen LogP contribution in [-0.4, -0.2) is 16.1 Å². The number of halogens is 2. The van der Waals surface area contributed by atoms with Crippen LogP contribution in [0.3, 0.4) is 0 Å². The van der Waals surface area contributed by atoms with Gasteiger partial charge in [-0.2, -0.15) is 0 Å². The Bertz CT molecular complexity index is 1050. The van der Waals surface area contributed by atoms with Crippen LogP contribution in [0.25, 0.3) is 22.6 Å². The number of carbonyl (C=O) groups is 1. The second kappa shape index (κ2) is 6.23. The molecule has 2 aromatic carbocycles. The number of nitrogens with zero attached hydrogens (tertiary/aromatic N) is 2. The monoisotopic (exact) mass is 373 g/mol. The molecule has 0 aliphatic rings. The molecular weight excluding hydrogens is 365 g/mol. The molecule has 0 unspecified atom stereocenters. The quantitative estimate of drug-likeness (QED) is 0.543. The highest BCUT2D eigenvalue weighted by molar-refractivity contribution is 6.36. The number of aromatic nitrogens is 2. The van der Waals surface area contributed by atoms with Gasteiger partial charge in [0.05, 0.1) is 10.6 Å². The minimum Gasteiger partial charge on any atom is -0.451 e. The van der Waals surface area contributed by atoms with E-state index in [0.717, 1.165) is 5.39 Å². The van der Waals surface area contributed by atoms with Gasteiger partial charge < -0.3 is 8.83 Å². The van der Waals surface area contributed by atoms with E-state index in [1.54, 1.807) is 12.1 Å². The fraction of sp³-hybridized carbons (Fsp3) is 0. The van der Waals surface area contributed by atoms with E-state index in [0.29, 0.717) is 16.4 Å². The van der Waals surface area contributed by atoms with Crippen LogP contribution in [0.1, 0.15) is 10.4 Å². The van der Waals surface area contributed by atoms with Crippen LogP contribution in [0.4, 0.5) is 6.01 Å². The van der Waals surface area contributed by atoms with Crippen molar-refractivity contribution in [1.82, 2.24) is 10.2 Å². The molecule has 0 radical (unpaired) electrons. The maximum atomic E-state index is 12.3. The van der Waals surface area contributed by atoms with Gasteiger partial charge in [-0.05, 0) is 30.3 Å². The van der Waals surface area contributed by atoms with Gasteiger partial charge in [0.15, 0.2) is 5.76 Å². The highest BCUT2D eigenvalue weighted by Crippen LogP contribution is 2.28. The second-order valence-electron chi connectivity index (χ2n) is 5.14. The molecule has 0 fully saturated rings. The molecule has 0 aliphatic carbocycles. The molecule has 124 valence electrons. The lowest BCUT2D eigenvalue weighted by Crippen LogP contribution is -2.12. The van der Waals surface area contributed by atoms with Crippen LogP contribution in [0, 0.1) is 0 Å². The Labute approximate surface area is 151 Å². The Balaban J connectivity index is 1.59. The van der Waals surface area contributed by atoms with Crippen molar-refractivity contribution in [3.63, 3.8) is 0 Å². The van der Waals surface area contributed by atoms with Gasteiger partial charge in [-0.25, -0.2) is 0 Å². The minimum absolute atomic E-state index is 0.0727. The molecule has 2 aromatic heterocycles. The molecule has 25 heavy (non-hydrogen) atoms. The zero-order valence-electron chi connectivity index (χ0n) is 12.5. The summed E-state index contributed by atoms with van der Waals surface area (Å²) in [6.07, 6.45) is 0. The standard InChI is InChI=1S/C17H9Cl2N3O3/c18-10-5-6-12(19)11(8-10)15(23)20-17-22-21-16(25-17)14-7-9-3-1-2-4-13(9)24-14/h1-8H,(H,20,22,23). The fourth-order valence-corrected chi connectivity index (χ4v) is 2.67. The number of hydrogen-bond acceptors (Lipinski definition) is 5. The van der Waals surface area contributed by atoms with Crippen LogP contribution in [0.5, 0.6) is 0 Å². The average molecular weight is 374 g/mol. The van der Waals surface area contributed by atoms with E-state index in [9.17, 15) is 4.79 Å². The maximum absolute atomic E-state index is 12.3. The van der Waals surface area contributed by atoms with Crippen LogP contribution >= 0.6 is 23.2 Å². The van der Waals surface area contributed by atoms with E-state index >= 15 is 0 Å². The summed E-state index contributed by atoms with van der Waals surface area (Å²) in [5.41, 5.74) is 0.907. The third kappa shape index (κ3) is 3.09. The Morgan fingerprint density at radius 3 is 2.68 bits per heavy atom. The molecule has 2 heterocycles. The lowest BCUT2D eigenvalue weighted by Gasteiger charge is -2.03. The van der Waals surface area contributed by atoms with Gasteiger partial charge in [-0.3, -0.25) is 10.1 Å². The molecule has 0 spiro atoms. The summed E-state index contributed by atoms with van der Waals surface area (Å²) in [5, 5.41) is 11.7. The molecule has 4 rings (SSSR count). The maximum Gasteiger partial charge on any atom is 0.322 e. The number of furan rings is 1. The molecule has 6 nitrogen and oxygen atoms in total. The average Bonchev–Trinajstić information content (AvgIpc) is 3.23. The van der Waals surface area contributed by atoms with Gasteiger partial charge in [0.25, 0.3) is 11.8 Å². The highest BCUT2D eigenvalue weighted by Gasteiger charge is 2.17. The van der Waals surface area contributed by atoms with Crippen molar-refractivity contribution < 1.29 is 13.6 Å². The van der Waals surface area contributed by atoms with Crippen molar-refractivity contribution in [1.29, 1.82) is 0 Å². The summed E-state index contributed by atoms with van der Waals surface area (Å²) in [5.74, 6) is 0.0611. The van der Waals surface area contributed by atoms with Crippen LogP contribution in [-0.2, 0) is 0 Å². The topological polar surface area (TPSA) is 81.2 Å². The third-order valence-electron chi connectivity index (χ3n) is 3.45. The number of para-hydroxylation sites is 1. The number of nitrogens with one attached hydrogen (secondary N) is 1. The molecule has 1 N–H and O–H groups in total. The zero-order valence-corrected chi connectivity index (χ0v) is 14.0. The molecule has 1 amide bonds. The SMILES string of the molecule is O=C(Nc1nnc(-c2cc3ccccc3o2)o1)c1cc(Cl)ccc1Cl. The van der Waals surface area contributed by atoms with Crippen molar-refractivity contribution in [3.05, 3.63) is 64.1 Å². The molecule has 0 bridgehead atoms. The molecule has 0 saturated carbocycles. The Morgan fingerprint density at radius 2 is 1.84 bits per heavy atom. The molecule has 0 saturated heterocycles. The van der Waals surface area contributed by atoms with Gasteiger partial charge in [0, 0.05) is 10.4 Å². The molecular formula is C17H9Cl2N3O3. The first kappa shape index (κ1) is 15.7.